The van der Waals surface area contributed by atoms with Gasteiger partial charge in [-0.15, -0.1) is 0 Å². The van der Waals surface area contributed by atoms with Crippen LogP contribution in [-0.2, 0) is 7.05 Å². The number of hydrogen-bond acceptors (Lipinski definition) is 2. The van der Waals surface area contributed by atoms with Crippen molar-refractivity contribution in [1.82, 2.24) is 19.3 Å². The van der Waals surface area contributed by atoms with E-state index in [4.69, 9.17) is 0 Å². The summed E-state index contributed by atoms with van der Waals surface area (Å²) >= 11 is 0. The number of aromatic nitrogens is 4. The summed E-state index contributed by atoms with van der Waals surface area (Å²) in [5.41, 5.74) is 6.22. The lowest BCUT2D eigenvalue weighted by molar-refractivity contribution is 0.712. The molecule has 0 radical (unpaired) electrons. The highest BCUT2D eigenvalue weighted by molar-refractivity contribution is 5.80. The van der Waals surface area contributed by atoms with E-state index in [1.165, 1.54) is 27.8 Å². The molecule has 0 amide bonds. The van der Waals surface area contributed by atoms with Crippen LogP contribution < -0.4 is 0 Å². The zero-order valence-corrected chi connectivity index (χ0v) is 12.1. The average molecular weight is 286 g/mol. The Bertz CT molecular complexity index is 1010. The fourth-order valence-corrected chi connectivity index (χ4v) is 3.53. The van der Waals surface area contributed by atoms with Crippen LogP contribution >= 0.6 is 0 Å². The summed E-state index contributed by atoms with van der Waals surface area (Å²) in [6.45, 7) is 0. The standard InChI is InChI=1S/C18H14N4/c1-21-16-7-6-12(8-13(16)9-20-21)18-15-5-3-2-4-14(15)17-10-19-11-22(17)18/h2-11,18H,1H3. The van der Waals surface area contributed by atoms with Gasteiger partial charge in [0, 0.05) is 18.0 Å². The van der Waals surface area contributed by atoms with Crippen molar-refractivity contribution in [2.45, 2.75) is 6.04 Å². The second kappa shape index (κ2) is 4.07. The van der Waals surface area contributed by atoms with Crippen LogP contribution in [-0.4, -0.2) is 19.3 Å². The average Bonchev–Trinajstić information content (AvgIpc) is 3.22. The van der Waals surface area contributed by atoms with Gasteiger partial charge in [-0.05, 0) is 23.3 Å². The highest BCUT2D eigenvalue weighted by Gasteiger charge is 2.29. The molecule has 2 aromatic heterocycles. The molecule has 106 valence electrons. The van der Waals surface area contributed by atoms with Gasteiger partial charge in [-0.1, -0.05) is 30.3 Å². The quantitative estimate of drug-likeness (QED) is 0.473. The van der Waals surface area contributed by atoms with Gasteiger partial charge >= 0.3 is 0 Å². The van der Waals surface area contributed by atoms with Crippen molar-refractivity contribution in [3.8, 4) is 11.3 Å². The number of hydrogen-bond donors (Lipinski definition) is 0. The summed E-state index contributed by atoms with van der Waals surface area (Å²) in [4.78, 5) is 4.33. The van der Waals surface area contributed by atoms with E-state index in [1.54, 1.807) is 0 Å². The van der Waals surface area contributed by atoms with E-state index in [2.05, 4.69) is 57.1 Å². The van der Waals surface area contributed by atoms with Crippen LogP contribution in [0.25, 0.3) is 22.2 Å². The van der Waals surface area contributed by atoms with E-state index in [9.17, 15) is 0 Å². The number of imidazole rings is 1. The predicted molar refractivity (Wildman–Crippen MR) is 85.6 cm³/mol. The lowest BCUT2D eigenvalue weighted by atomic mass is 9.96. The summed E-state index contributed by atoms with van der Waals surface area (Å²) in [6, 6.07) is 15.3. The maximum absolute atomic E-state index is 4.34. The zero-order chi connectivity index (χ0) is 14.7. The van der Waals surface area contributed by atoms with Crippen LogP contribution in [0.15, 0.2) is 61.2 Å². The Kier molecular flexibility index (Phi) is 2.17. The van der Waals surface area contributed by atoms with Crippen molar-refractivity contribution in [1.29, 1.82) is 0 Å². The Hall–Kier alpha value is -2.88. The van der Waals surface area contributed by atoms with Crippen molar-refractivity contribution in [3.05, 3.63) is 72.3 Å². The topological polar surface area (TPSA) is 35.6 Å². The summed E-state index contributed by atoms with van der Waals surface area (Å²) in [5.74, 6) is 0. The molecule has 0 saturated heterocycles. The van der Waals surface area contributed by atoms with Crippen molar-refractivity contribution >= 4 is 10.9 Å². The fraction of sp³-hybridized carbons (Fsp3) is 0.111. The van der Waals surface area contributed by atoms with Crippen molar-refractivity contribution < 1.29 is 0 Å². The van der Waals surface area contributed by atoms with Gasteiger partial charge in [0.05, 0.1) is 36.0 Å². The SMILES string of the molecule is Cn1ncc2cc(C3c4ccccc4-c4cncn43)ccc21. The Morgan fingerprint density at radius 2 is 1.95 bits per heavy atom. The van der Waals surface area contributed by atoms with Crippen LogP contribution in [0.4, 0.5) is 0 Å². The molecule has 22 heavy (non-hydrogen) atoms. The van der Waals surface area contributed by atoms with Crippen LogP contribution in [0.3, 0.4) is 0 Å². The number of rotatable bonds is 1. The first kappa shape index (κ1) is 11.7. The van der Waals surface area contributed by atoms with Gasteiger partial charge < -0.3 is 4.57 Å². The van der Waals surface area contributed by atoms with Gasteiger partial charge in [-0.25, -0.2) is 4.98 Å². The molecule has 0 bridgehead atoms. The molecule has 1 unspecified atom stereocenters. The lowest BCUT2D eigenvalue weighted by Gasteiger charge is -2.15. The first-order valence-corrected chi connectivity index (χ1v) is 7.36. The minimum atomic E-state index is 0.193. The molecule has 4 heteroatoms. The van der Waals surface area contributed by atoms with E-state index in [-0.39, 0.29) is 6.04 Å². The maximum atomic E-state index is 4.34. The number of benzene rings is 2. The van der Waals surface area contributed by atoms with E-state index >= 15 is 0 Å². The molecule has 0 aliphatic carbocycles. The predicted octanol–water partition coefficient (Wildman–Crippen LogP) is 3.39. The van der Waals surface area contributed by atoms with E-state index in [0.29, 0.717) is 0 Å². The largest absolute Gasteiger partial charge is 0.319 e. The second-order valence-corrected chi connectivity index (χ2v) is 5.76. The molecular formula is C18H14N4. The Morgan fingerprint density at radius 3 is 2.91 bits per heavy atom. The molecule has 3 heterocycles. The molecule has 0 N–H and O–H groups in total. The minimum absolute atomic E-state index is 0.193. The first-order chi connectivity index (χ1) is 10.8. The fourth-order valence-electron chi connectivity index (χ4n) is 3.53. The molecule has 1 atom stereocenters. The molecule has 4 aromatic rings. The summed E-state index contributed by atoms with van der Waals surface area (Å²) in [6.07, 6.45) is 5.80. The molecular weight excluding hydrogens is 272 g/mol. The van der Waals surface area contributed by atoms with Crippen LogP contribution in [0.2, 0.25) is 0 Å². The van der Waals surface area contributed by atoms with Gasteiger partial charge in [-0.3, -0.25) is 4.68 Å². The monoisotopic (exact) mass is 286 g/mol. The molecule has 0 fully saturated rings. The normalized spacial score (nSPS) is 16.0. The minimum Gasteiger partial charge on any atom is -0.319 e. The van der Waals surface area contributed by atoms with Gasteiger partial charge in [0.15, 0.2) is 0 Å². The smallest absolute Gasteiger partial charge is 0.0959 e. The van der Waals surface area contributed by atoms with Gasteiger partial charge in [0.2, 0.25) is 0 Å². The number of nitrogens with zero attached hydrogens (tertiary/aromatic N) is 4. The third-order valence-corrected chi connectivity index (χ3v) is 4.56. The summed E-state index contributed by atoms with van der Waals surface area (Å²) in [5, 5.41) is 5.51. The Labute approximate surface area is 127 Å². The molecule has 2 aromatic carbocycles. The molecule has 4 nitrogen and oxygen atoms in total. The zero-order valence-electron chi connectivity index (χ0n) is 12.1. The van der Waals surface area contributed by atoms with E-state index < -0.39 is 0 Å². The van der Waals surface area contributed by atoms with Crippen LogP contribution in [0, 0.1) is 0 Å². The lowest BCUT2D eigenvalue weighted by Crippen LogP contribution is -2.06. The first-order valence-electron chi connectivity index (χ1n) is 7.36. The van der Waals surface area contributed by atoms with Gasteiger partial charge in [0.25, 0.3) is 0 Å². The highest BCUT2D eigenvalue weighted by Crippen LogP contribution is 2.42. The molecule has 1 aliphatic rings. The molecule has 1 aliphatic heterocycles. The van der Waals surface area contributed by atoms with Crippen LogP contribution in [0.1, 0.15) is 17.2 Å². The van der Waals surface area contributed by atoms with Gasteiger partial charge in [-0.2, -0.15) is 5.10 Å². The number of fused-ring (bicyclic) bond motifs is 4. The molecule has 5 rings (SSSR count). The Balaban J connectivity index is 1.77. The number of aryl methyl sites for hydroxylation is 1. The second-order valence-electron chi connectivity index (χ2n) is 5.76. The van der Waals surface area contributed by atoms with Crippen molar-refractivity contribution in [2.24, 2.45) is 7.05 Å². The summed E-state index contributed by atoms with van der Waals surface area (Å²) in [7, 11) is 1.97. The highest BCUT2D eigenvalue weighted by atomic mass is 15.2. The maximum Gasteiger partial charge on any atom is 0.0959 e. The van der Waals surface area contributed by atoms with Crippen molar-refractivity contribution in [3.63, 3.8) is 0 Å². The third-order valence-electron chi connectivity index (χ3n) is 4.56. The summed E-state index contributed by atoms with van der Waals surface area (Å²) < 4.78 is 4.16. The van der Waals surface area contributed by atoms with E-state index in [1.807, 2.05) is 30.5 Å². The van der Waals surface area contributed by atoms with Gasteiger partial charge in [0.1, 0.15) is 0 Å². The van der Waals surface area contributed by atoms with E-state index in [0.717, 1.165) is 5.52 Å². The molecule has 0 spiro atoms. The Morgan fingerprint density at radius 1 is 1.05 bits per heavy atom. The molecule has 0 saturated carbocycles. The van der Waals surface area contributed by atoms with Crippen LogP contribution in [0.5, 0.6) is 0 Å². The van der Waals surface area contributed by atoms with Crippen molar-refractivity contribution in [2.75, 3.05) is 0 Å². The third kappa shape index (κ3) is 1.41.